The van der Waals surface area contributed by atoms with Crippen LogP contribution in [0.4, 0.5) is 0 Å². The Morgan fingerprint density at radius 2 is 2.05 bits per heavy atom. The van der Waals surface area contributed by atoms with Crippen LogP contribution in [0.2, 0.25) is 0 Å². The van der Waals surface area contributed by atoms with Crippen LogP contribution in [0.5, 0.6) is 5.75 Å². The van der Waals surface area contributed by atoms with Crippen LogP contribution >= 0.6 is 0 Å². The molecule has 1 atom stereocenters. The van der Waals surface area contributed by atoms with Crippen molar-refractivity contribution in [3.63, 3.8) is 0 Å². The van der Waals surface area contributed by atoms with Crippen molar-refractivity contribution in [1.82, 2.24) is 15.5 Å². The van der Waals surface area contributed by atoms with Crippen LogP contribution in [0.3, 0.4) is 0 Å². The molecule has 0 bridgehead atoms. The fourth-order valence-corrected chi connectivity index (χ4v) is 2.21. The Morgan fingerprint density at radius 1 is 1.26 bits per heavy atom. The Hall–Kier alpha value is -1.92. The third-order valence-electron chi connectivity index (χ3n) is 3.31. The van der Waals surface area contributed by atoms with Crippen LogP contribution in [0, 0.1) is 0 Å². The fraction of sp³-hybridized carbons (Fsp3) is 0.385. The number of phenols is 1. The van der Waals surface area contributed by atoms with Gasteiger partial charge in [0.1, 0.15) is 5.75 Å². The number of nitrogens with zero attached hydrogens (tertiary/aromatic N) is 2. The molecule has 2 aromatic rings. The molecule has 6 nitrogen and oxygen atoms in total. The highest BCUT2D eigenvalue weighted by molar-refractivity contribution is 5.55. The third kappa shape index (κ3) is 2.32. The highest BCUT2D eigenvalue weighted by atomic mass is 16.5. The first-order chi connectivity index (χ1) is 9.17. The van der Waals surface area contributed by atoms with Gasteiger partial charge < -0.3 is 20.1 Å². The van der Waals surface area contributed by atoms with Gasteiger partial charge in [-0.05, 0) is 43.7 Å². The van der Waals surface area contributed by atoms with E-state index < -0.39 is 5.60 Å². The van der Waals surface area contributed by atoms with Crippen molar-refractivity contribution in [2.24, 2.45) is 0 Å². The molecule has 3 N–H and O–H groups in total. The van der Waals surface area contributed by atoms with Crippen LogP contribution in [-0.4, -0.2) is 33.4 Å². The van der Waals surface area contributed by atoms with E-state index in [0.29, 0.717) is 18.8 Å². The van der Waals surface area contributed by atoms with Gasteiger partial charge in [0.2, 0.25) is 5.82 Å². The van der Waals surface area contributed by atoms with E-state index in [-0.39, 0.29) is 11.6 Å². The molecule has 1 saturated heterocycles. The number of hydrogen-bond acceptors (Lipinski definition) is 6. The zero-order valence-electron chi connectivity index (χ0n) is 10.3. The molecule has 1 aliphatic rings. The van der Waals surface area contributed by atoms with E-state index in [1.165, 1.54) is 0 Å². The first kappa shape index (κ1) is 12.1. The van der Waals surface area contributed by atoms with Gasteiger partial charge in [0.25, 0.3) is 5.89 Å². The van der Waals surface area contributed by atoms with E-state index in [2.05, 4.69) is 15.5 Å². The van der Waals surface area contributed by atoms with Gasteiger partial charge >= 0.3 is 0 Å². The van der Waals surface area contributed by atoms with Crippen molar-refractivity contribution < 1.29 is 14.7 Å². The molecule has 1 aromatic carbocycles. The van der Waals surface area contributed by atoms with Crippen LogP contribution in [-0.2, 0) is 5.60 Å². The molecule has 2 heterocycles. The summed E-state index contributed by atoms with van der Waals surface area (Å²) in [6.07, 6.45) is 1.48. The summed E-state index contributed by atoms with van der Waals surface area (Å²) in [6, 6.07) is 6.52. The number of benzene rings is 1. The Bertz CT molecular complexity index is 559. The zero-order valence-corrected chi connectivity index (χ0v) is 10.3. The number of nitrogens with one attached hydrogen (secondary N) is 1. The summed E-state index contributed by atoms with van der Waals surface area (Å²) < 4.78 is 5.18. The smallest absolute Gasteiger partial charge is 0.260 e. The largest absolute Gasteiger partial charge is 0.508 e. The highest BCUT2D eigenvalue weighted by Gasteiger charge is 2.37. The third-order valence-corrected chi connectivity index (χ3v) is 3.31. The number of phenolic OH excluding ortho intramolecular Hbond substituents is 1. The fourth-order valence-electron chi connectivity index (χ4n) is 2.21. The molecule has 0 aliphatic carbocycles. The second-order valence-electron chi connectivity index (χ2n) is 4.78. The minimum atomic E-state index is -1.08. The Kier molecular flexibility index (Phi) is 2.96. The van der Waals surface area contributed by atoms with E-state index in [4.69, 9.17) is 4.52 Å². The molecule has 3 rings (SSSR count). The minimum Gasteiger partial charge on any atom is -0.508 e. The molecule has 1 fully saturated rings. The minimum absolute atomic E-state index is 0.183. The number of rotatable bonds is 2. The van der Waals surface area contributed by atoms with Gasteiger partial charge in [-0.15, -0.1) is 0 Å². The lowest BCUT2D eigenvalue weighted by atomic mass is 9.94. The van der Waals surface area contributed by atoms with Crippen molar-refractivity contribution in [2.45, 2.75) is 18.4 Å². The standard InChI is InChI=1S/C13H15N3O3/c17-10-4-2-9(3-5-10)11-15-12(19-16-11)13(18)6-1-7-14-8-13/h2-5,14,17-18H,1,6-8H2. The molecule has 100 valence electrons. The summed E-state index contributed by atoms with van der Waals surface area (Å²) >= 11 is 0. The quantitative estimate of drug-likeness (QED) is 0.747. The van der Waals surface area contributed by atoms with Crippen LogP contribution in [0.15, 0.2) is 28.8 Å². The van der Waals surface area contributed by atoms with Gasteiger partial charge in [-0.3, -0.25) is 0 Å². The highest BCUT2D eigenvalue weighted by Crippen LogP contribution is 2.28. The summed E-state index contributed by atoms with van der Waals surface area (Å²) in [5, 5.41) is 26.7. The van der Waals surface area contributed by atoms with Crippen molar-refractivity contribution in [3.8, 4) is 17.1 Å². The van der Waals surface area contributed by atoms with Crippen LogP contribution < -0.4 is 5.32 Å². The van der Waals surface area contributed by atoms with Crippen LogP contribution in [0.1, 0.15) is 18.7 Å². The second kappa shape index (κ2) is 4.64. The maximum Gasteiger partial charge on any atom is 0.260 e. The van der Waals surface area contributed by atoms with E-state index in [0.717, 1.165) is 18.5 Å². The maximum atomic E-state index is 10.4. The predicted octanol–water partition coefficient (Wildman–Crippen LogP) is 1.01. The lowest BCUT2D eigenvalue weighted by molar-refractivity contribution is -0.0167. The molecule has 19 heavy (non-hydrogen) atoms. The van der Waals surface area contributed by atoms with Gasteiger partial charge in [0.15, 0.2) is 5.60 Å². The van der Waals surface area contributed by atoms with Gasteiger partial charge in [0.05, 0.1) is 0 Å². The molecule has 6 heteroatoms. The molecule has 1 aromatic heterocycles. The zero-order chi connectivity index (χ0) is 13.3. The number of piperidine rings is 1. The van der Waals surface area contributed by atoms with E-state index in [1.54, 1.807) is 24.3 Å². The Labute approximate surface area is 110 Å². The number of aromatic nitrogens is 2. The molecule has 1 aliphatic heterocycles. The molecular weight excluding hydrogens is 246 g/mol. The van der Waals surface area contributed by atoms with Crippen molar-refractivity contribution >= 4 is 0 Å². The van der Waals surface area contributed by atoms with Gasteiger partial charge in [-0.1, -0.05) is 5.16 Å². The summed E-state index contributed by atoms with van der Waals surface area (Å²) in [6.45, 7) is 1.31. The lowest BCUT2D eigenvalue weighted by Crippen LogP contribution is -2.43. The van der Waals surface area contributed by atoms with Crippen molar-refractivity contribution in [3.05, 3.63) is 30.2 Å². The normalized spacial score (nSPS) is 23.4. The molecule has 0 saturated carbocycles. The maximum absolute atomic E-state index is 10.4. The van der Waals surface area contributed by atoms with Gasteiger partial charge in [0, 0.05) is 12.1 Å². The number of hydrogen-bond donors (Lipinski definition) is 3. The lowest BCUT2D eigenvalue weighted by Gasteiger charge is -2.28. The first-order valence-electron chi connectivity index (χ1n) is 6.24. The molecule has 0 spiro atoms. The molecule has 0 amide bonds. The van der Waals surface area contributed by atoms with E-state index in [1.807, 2.05) is 0 Å². The van der Waals surface area contributed by atoms with E-state index in [9.17, 15) is 10.2 Å². The summed E-state index contributed by atoms with van der Waals surface area (Å²) in [5.74, 6) is 0.833. The SMILES string of the molecule is Oc1ccc(-c2noc(C3(O)CCCNC3)n2)cc1. The summed E-state index contributed by atoms with van der Waals surface area (Å²) in [7, 11) is 0. The average molecular weight is 261 g/mol. The monoisotopic (exact) mass is 261 g/mol. The Morgan fingerprint density at radius 3 is 2.74 bits per heavy atom. The van der Waals surface area contributed by atoms with Crippen molar-refractivity contribution in [2.75, 3.05) is 13.1 Å². The average Bonchev–Trinajstić information content (AvgIpc) is 2.91. The number of aromatic hydroxyl groups is 1. The van der Waals surface area contributed by atoms with E-state index >= 15 is 0 Å². The van der Waals surface area contributed by atoms with Crippen LogP contribution in [0.25, 0.3) is 11.4 Å². The van der Waals surface area contributed by atoms with Crippen molar-refractivity contribution in [1.29, 1.82) is 0 Å². The first-order valence-corrected chi connectivity index (χ1v) is 6.24. The molecule has 1 unspecified atom stereocenters. The van der Waals surface area contributed by atoms with Gasteiger partial charge in [-0.2, -0.15) is 4.98 Å². The second-order valence-corrected chi connectivity index (χ2v) is 4.78. The molecular formula is C13H15N3O3. The molecule has 0 radical (unpaired) electrons. The van der Waals surface area contributed by atoms with Gasteiger partial charge in [-0.25, -0.2) is 0 Å². The number of β-amino-alcohol motifs (C(OH)–C–C–N with tert-alkyl or cyclic N) is 1. The Balaban J connectivity index is 1.88. The summed E-state index contributed by atoms with van der Waals surface area (Å²) in [4.78, 5) is 4.26. The number of aliphatic hydroxyl groups is 1. The summed E-state index contributed by atoms with van der Waals surface area (Å²) in [5.41, 5.74) is -0.347. The predicted molar refractivity (Wildman–Crippen MR) is 67.4 cm³/mol. The topological polar surface area (TPSA) is 91.4 Å².